The molecule has 3 rings (SSSR count). The zero-order valence-electron chi connectivity index (χ0n) is 18.4. The number of carbonyl (C=O) groups excluding carboxylic acids is 1. The lowest BCUT2D eigenvalue weighted by molar-refractivity contribution is -0.145. The van der Waals surface area contributed by atoms with Crippen LogP contribution in [0.5, 0.6) is 11.5 Å². The summed E-state index contributed by atoms with van der Waals surface area (Å²) in [7, 11) is 1.50. The summed E-state index contributed by atoms with van der Waals surface area (Å²) in [5, 5.41) is 4.91. The first kappa shape index (κ1) is 24.9. The van der Waals surface area contributed by atoms with E-state index in [0.29, 0.717) is 44.7 Å². The Morgan fingerprint density at radius 2 is 1.97 bits per heavy atom. The fourth-order valence-corrected chi connectivity index (χ4v) is 3.87. The topological polar surface area (TPSA) is 92.0 Å². The van der Waals surface area contributed by atoms with E-state index in [1.54, 1.807) is 31.3 Å². The van der Waals surface area contributed by atoms with Gasteiger partial charge in [0.1, 0.15) is 5.82 Å². The lowest BCUT2D eigenvalue weighted by atomic mass is 10.2. The Morgan fingerprint density at radius 3 is 2.67 bits per heavy atom. The number of hydrogen-bond donors (Lipinski definition) is 0. The molecule has 0 saturated carbocycles. The van der Waals surface area contributed by atoms with Crippen molar-refractivity contribution in [3.05, 3.63) is 61.0 Å². The van der Waals surface area contributed by atoms with Gasteiger partial charge in [0.2, 0.25) is 0 Å². The minimum absolute atomic E-state index is 0.238. The minimum atomic E-state index is -0.473. The Kier molecular flexibility index (Phi) is 8.62. The largest absolute Gasteiger partial charge is 0.493 e. The van der Waals surface area contributed by atoms with Gasteiger partial charge in [0.15, 0.2) is 18.1 Å². The molecular weight excluding hydrogens is 558 g/mol. The smallest absolute Gasteiger partial charge is 0.344 e. The average molecular weight is 581 g/mol. The fourth-order valence-electron chi connectivity index (χ4n) is 3.08. The van der Waals surface area contributed by atoms with Crippen molar-refractivity contribution in [3.8, 4) is 11.5 Å². The molecule has 2 aromatic carbocycles. The van der Waals surface area contributed by atoms with Crippen LogP contribution in [0.3, 0.4) is 0 Å². The van der Waals surface area contributed by atoms with Gasteiger partial charge in [-0.25, -0.2) is 9.78 Å². The van der Waals surface area contributed by atoms with Crippen LogP contribution in [0.25, 0.3) is 10.9 Å². The molecule has 0 aliphatic carbocycles. The number of nitrogens with zero attached hydrogens (tertiary/aromatic N) is 3. The summed E-state index contributed by atoms with van der Waals surface area (Å²) in [4.78, 5) is 29.4. The average Bonchev–Trinajstić information content (AvgIpc) is 2.79. The molecular formula is C23H23Br2N3O5. The van der Waals surface area contributed by atoms with E-state index in [2.05, 4.69) is 41.9 Å². The van der Waals surface area contributed by atoms with Crippen molar-refractivity contribution in [2.24, 2.45) is 5.10 Å². The molecule has 0 unspecified atom stereocenters. The van der Waals surface area contributed by atoms with E-state index in [0.717, 1.165) is 10.9 Å². The third-order valence-corrected chi connectivity index (χ3v) is 5.78. The predicted octanol–water partition coefficient (Wildman–Crippen LogP) is 4.71. The molecule has 1 aromatic heterocycles. The van der Waals surface area contributed by atoms with E-state index in [1.807, 2.05) is 19.1 Å². The summed E-state index contributed by atoms with van der Waals surface area (Å²) < 4.78 is 18.6. The number of rotatable bonds is 9. The van der Waals surface area contributed by atoms with E-state index in [9.17, 15) is 9.59 Å². The first-order valence-corrected chi connectivity index (χ1v) is 11.9. The monoisotopic (exact) mass is 579 g/mol. The van der Waals surface area contributed by atoms with Crippen LogP contribution in [0.2, 0.25) is 0 Å². The maximum atomic E-state index is 13.2. The van der Waals surface area contributed by atoms with Gasteiger partial charge in [0.25, 0.3) is 5.56 Å². The molecule has 33 heavy (non-hydrogen) atoms. The summed E-state index contributed by atoms with van der Waals surface area (Å²) in [6.45, 7) is 3.78. The van der Waals surface area contributed by atoms with Crippen molar-refractivity contribution in [2.45, 2.75) is 26.7 Å². The third-order valence-electron chi connectivity index (χ3n) is 4.60. The molecule has 8 nitrogen and oxygen atoms in total. The Hall–Kier alpha value is -2.72. The second kappa shape index (κ2) is 11.4. The lowest BCUT2D eigenvalue weighted by Crippen LogP contribution is -2.22. The molecule has 174 valence electrons. The van der Waals surface area contributed by atoms with Crippen LogP contribution in [0.4, 0.5) is 0 Å². The van der Waals surface area contributed by atoms with Gasteiger partial charge in [-0.15, -0.1) is 0 Å². The van der Waals surface area contributed by atoms with Gasteiger partial charge in [0.05, 0.1) is 30.8 Å². The van der Waals surface area contributed by atoms with Crippen LogP contribution in [0, 0.1) is 0 Å². The van der Waals surface area contributed by atoms with Crippen LogP contribution < -0.4 is 15.0 Å². The minimum Gasteiger partial charge on any atom is -0.493 e. The number of halogens is 2. The summed E-state index contributed by atoms with van der Waals surface area (Å²) >= 11 is 6.89. The first-order chi connectivity index (χ1) is 15.9. The summed E-state index contributed by atoms with van der Waals surface area (Å²) in [5.41, 5.74) is 1.03. The second-order valence-corrected chi connectivity index (χ2v) is 8.69. The number of benzene rings is 2. The summed E-state index contributed by atoms with van der Waals surface area (Å²) in [6, 6.07) is 8.77. The SMILES string of the molecule is CCCc1nc2ccc(Br)cc2c(=O)n1N=Cc1cc(OC)c(OCC(=O)OCC)cc1Br. The van der Waals surface area contributed by atoms with Crippen molar-refractivity contribution in [1.29, 1.82) is 0 Å². The molecule has 0 aliphatic rings. The molecule has 0 spiro atoms. The Balaban J connectivity index is 1.99. The van der Waals surface area contributed by atoms with Gasteiger partial charge in [-0.2, -0.15) is 9.78 Å². The number of carbonyl (C=O) groups is 1. The highest BCUT2D eigenvalue weighted by Crippen LogP contribution is 2.33. The fraction of sp³-hybridized carbons (Fsp3) is 0.304. The van der Waals surface area contributed by atoms with Gasteiger partial charge in [-0.3, -0.25) is 4.79 Å². The van der Waals surface area contributed by atoms with Crippen molar-refractivity contribution in [1.82, 2.24) is 9.66 Å². The quantitative estimate of drug-likeness (QED) is 0.269. The van der Waals surface area contributed by atoms with Crippen molar-refractivity contribution in [2.75, 3.05) is 20.3 Å². The van der Waals surface area contributed by atoms with E-state index >= 15 is 0 Å². The van der Waals surface area contributed by atoms with E-state index in [1.165, 1.54) is 11.8 Å². The molecule has 0 N–H and O–H groups in total. The molecule has 0 radical (unpaired) electrons. The molecule has 3 aromatic rings. The Labute approximate surface area is 207 Å². The first-order valence-electron chi connectivity index (χ1n) is 10.3. The van der Waals surface area contributed by atoms with Gasteiger partial charge in [-0.05, 0) is 59.6 Å². The zero-order valence-corrected chi connectivity index (χ0v) is 21.6. The van der Waals surface area contributed by atoms with Crippen molar-refractivity contribution >= 4 is 54.9 Å². The van der Waals surface area contributed by atoms with Crippen molar-refractivity contribution in [3.63, 3.8) is 0 Å². The van der Waals surface area contributed by atoms with Crippen LogP contribution in [-0.4, -0.2) is 42.2 Å². The number of hydrogen-bond acceptors (Lipinski definition) is 7. The normalized spacial score (nSPS) is 11.2. The highest BCUT2D eigenvalue weighted by atomic mass is 79.9. The molecule has 0 atom stereocenters. The Bertz CT molecular complexity index is 1260. The van der Waals surface area contributed by atoms with Gasteiger partial charge >= 0.3 is 5.97 Å². The third kappa shape index (κ3) is 6.00. The highest BCUT2D eigenvalue weighted by Gasteiger charge is 2.13. The number of methoxy groups -OCH3 is 1. The number of aryl methyl sites for hydroxylation is 1. The summed E-state index contributed by atoms with van der Waals surface area (Å²) in [6.07, 6.45) is 2.96. The molecule has 1 heterocycles. The van der Waals surface area contributed by atoms with Crippen LogP contribution in [0.1, 0.15) is 31.7 Å². The molecule has 0 bridgehead atoms. The van der Waals surface area contributed by atoms with Crippen LogP contribution in [0.15, 0.2) is 49.2 Å². The van der Waals surface area contributed by atoms with E-state index in [-0.39, 0.29) is 18.8 Å². The number of ether oxygens (including phenoxy) is 3. The number of fused-ring (bicyclic) bond motifs is 1. The van der Waals surface area contributed by atoms with E-state index in [4.69, 9.17) is 14.2 Å². The zero-order chi connectivity index (χ0) is 24.0. The van der Waals surface area contributed by atoms with Gasteiger partial charge < -0.3 is 14.2 Å². The summed E-state index contributed by atoms with van der Waals surface area (Å²) in [5.74, 6) is 0.881. The van der Waals surface area contributed by atoms with Gasteiger partial charge in [0, 0.05) is 20.9 Å². The maximum absolute atomic E-state index is 13.2. The molecule has 0 aliphatic heterocycles. The molecule has 0 saturated heterocycles. The van der Waals surface area contributed by atoms with Crippen LogP contribution >= 0.6 is 31.9 Å². The standard InChI is InChI=1S/C23H23Br2N3O5/c1-4-6-21-27-18-8-7-15(24)10-16(18)23(30)28(21)26-12-14-9-19(31-3)20(11-17(14)25)33-13-22(29)32-5-2/h7-12H,4-6,13H2,1-3H3. The number of aromatic nitrogens is 2. The molecule has 10 heteroatoms. The van der Waals surface area contributed by atoms with E-state index < -0.39 is 5.97 Å². The lowest BCUT2D eigenvalue weighted by Gasteiger charge is -2.12. The van der Waals surface area contributed by atoms with Crippen molar-refractivity contribution < 1.29 is 19.0 Å². The highest BCUT2D eigenvalue weighted by molar-refractivity contribution is 9.10. The van der Waals surface area contributed by atoms with Gasteiger partial charge in [-0.1, -0.05) is 22.9 Å². The second-order valence-electron chi connectivity index (χ2n) is 6.92. The molecule has 0 fully saturated rings. The number of esters is 1. The Morgan fingerprint density at radius 1 is 1.18 bits per heavy atom. The maximum Gasteiger partial charge on any atom is 0.344 e. The van der Waals surface area contributed by atoms with Crippen LogP contribution in [-0.2, 0) is 16.0 Å². The predicted molar refractivity (Wildman–Crippen MR) is 134 cm³/mol. The molecule has 0 amide bonds.